The molecule has 5 nitrogen and oxygen atoms in total. The molecule has 1 N–H and O–H groups in total. The number of carbonyl (C=O) groups excluding carboxylic acids is 1. The fraction of sp³-hybridized carbons (Fsp3) is 0.474. The van der Waals surface area contributed by atoms with Crippen LogP contribution in [0, 0.1) is 5.82 Å². The fourth-order valence-corrected chi connectivity index (χ4v) is 3.07. The largest absolute Gasteiger partial charge is 0.375 e. The van der Waals surface area contributed by atoms with Crippen LogP contribution in [-0.4, -0.2) is 34.4 Å². The Kier molecular flexibility index (Phi) is 5.81. The molecule has 134 valence electrons. The number of halogens is 1. The van der Waals surface area contributed by atoms with Crippen LogP contribution in [0.25, 0.3) is 5.69 Å². The Morgan fingerprint density at radius 1 is 1.40 bits per heavy atom. The molecule has 1 aliphatic rings. The summed E-state index contributed by atoms with van der Waals surface area (Å²) in [5.41, 5.74) is 1.54. The minimum Gasteiger partial charge on any atom is -0.375 e. The molecule has 1 saturated heterocycles. The van der Waals surface area contributed by atoms with Crippen LogP contribution in [0.2, 0.25) is 0 Å². The fourth-order valence-electron chi connectivity index (χ4n) is 3.07. The number of benzene rings is 1. The molecule has 1 aliphatic heterocycles. The quantitative estimate of drug-likeness (QED) is 0.839. The number of ether oxygens (including phenoxy) is 1. The second-order valence-corrected chi connectivity index (χ2v) is 6.52. The van der Waals surface area contributed by atoms with Gasteiger partial charge in [0.15, 0.2) is 0 Å². The summed E-state index contributed by atoms with van der Waals surface area (Å²) in [6.45, 7) is 2.62. The third-order valence-corrected chi connectivity index (χ3v) is 4.43. The summed E-state index contributed by atoms with van der Waals surface area (Å²) in [6, 6.07) is 8.17. The van der Waals surface area contributed by atoms with E-state index < -0.39 is 0 Å². The SMILES string of the molecule is C[C@H]1CC[C@H](CCC(=O)NCCc2ccn(-c3cccc(F)c3)n2)O1. The van der Waals surface area contributed by atoms with E-state index in [9.17, 15) is 9.18 Å². The zero-order valence-corrected chi connectivity index (χ0v) is 14.5. The maximum absolute atomic E-state index is 13.3. The standard InChI is InChI=1S/C19H24FN3O2/c1-14-5-6-18(25-14)7-8-19(24)21-11-9-16-10-12-23(22-16)17-4-2-3-15(20)13-17/h2-4,10,12-14,18H,5-9,11H2,1H3,(H,21,24)/t14-,18+/m0/s1. The Bertz CT molecular complexity index is 716. The van der Waals surface area contributed by atoms with Gasteiger partial charge in [0.1, 0.15) is 5.82 Å². The zero-order valence-electron chi connectivity index (χ0n) is 14.5. The molecule has 0 unspecified atom stereocenters. The summed E-state index contributed by atoms with van der Waals surface area (Å²) in [7, 11) is 0. The molecule has 25 heavy (non-hydrogen) atoms. The van der Waals surface area contributed by atoms with Crippen molar-refractivity contribution in [1.29, 1.82) is 0 Å². The molecular weight excluding hydrogens is 321 g/mol. The number of amides is 1. The molecule has 0 saturated carbocycles. The molecular formula is C19H24FN3O2. The first-order chi connectivity index (χ1) is 12.1. The summed E-state index contributed by atoms with van der Waals surface area (Å²) in [6.07, 6.45) is 6.39. The van der Waals surface area contributed by atoms with Gasteiger partial charge in [-0.3, -0.25) is 4.79 Å². The lowest BCUT2D eigenvalue weighted by atomic mass is 10.1. The first-order valence-electron chi connectivity index (χ1n) is 8.83. The summed E-state index contributed by atoms with van der Waals surface area (Å²) in [4.78, 5) is 11.9. The molecule has 2 aromatic rings. The molecule has 2 heterocycles. The summed E-state index contributed by atoms with van der Waals surface area (Å²) >= 11 is 0. The molecule has 1 amide bonds. The van der Waals surface area contributed by atoms with Gasteiger partial charge in [0.05, 0.1) is 23.6 Å². The number of aromatic nitrogens is 2. The van der Waals surface area contributed by atoms with Gasteiger partial charge in [-0.25, -0.2) is 9.07 Å². The van der Waals surface area contributed by atoms with E-state index in [1.807, 2.05) is 6.07 Å². The van der Waals surface area contributed by atoms with Crippen molar-refractivity contribution in [3.05, 3.63) is 48.0 Å². The van der Waals surface area contributed by atoms with Gasteiger partial charge in [0.25, 0.3) is 0 Å². The lowest BCUT2D eigenvalue weighted by Crippen LogP contribution is -2.26. The van der Waals surface area contributed by atoms with Crippen molar-refractivity contribution in [1.82, 2.24) is 15.1 Å². The number of nitrogens with zero attached hydrogens (tertiary/aromatic N) is 2. The summed E-state index contributed by atoms with van der Waals surface area (Å²) in [5, 5.41) is 7.34. The number of nitrogens with one attached hydrogen (secondary N) is 1. The maximum atomic E-state index is 13.3. The van der Waals surface area contributed by atoms with E-state index >= 15 is 0 Å². The first-order valence-corrected chi connectivity index (χ1v) is 8.83. The minimum absolute atomic E-state index is 0.0488. The van der Waals surface area contributed by atoms with Gasteiger partial charge >= 0.3 is 0 Å². The summed E-state index contributed by atoms with van der Waals surface area (Å²) < 4.78 is 20.6. The van der Waals surface area contributed by atoms with Crippen LogP contribution in [0.5, 0.6) is 0 Å². The number of hydrogen-bond acceptors (Lipinski definition) is 3. The van der Waals surface area contributed by atoms with Crippen molar-refractivity contribution in [2.24, 2.45) is 0 Å². The Morgan fingerprint density at radius 3 is 3.04 bits per heavy atom. The highest BCUT2D eigenvalue weighted by Crippen LogP contribution is 2.22. The van der Waals surface area contributed by atoms with Gasteiger partial charge in [-0.05, 0) is 50.5 Å². The normalized spacial score (nSPS) is 19.9. The number of carbonyl (C=O) groups is 1. The van der Waals surface area contributed by atoms with E-state index in [4.69, 9.17) is 4.74 Å². The van der Waals surface area contributed by atoms with Crippen LogP contribution in [0.4, 0.5) is 4.39 Å². The molecule has 2 atom stereocenters. The lowest BCUT2D eigenvalue weighted by molar-refractivity contribution is -0.121. The highest BCUT2D eigenvalue weighted by atomic mass is 19.1. The van der Waals surface area contributed by atoms with Crippen molar-refractivity contribution in [3.63, 3.8) is 0 Å². The molecule has 1 fully saturated rings. The Labute approximate surface area is 147 Å². The van der Waals surface area contributed by atoms with Crippen LogP contribution in [0.15, 0.2) is 36.5 Å². The van der Waals surface area contributed by atoms with Crippen LogP contribution < -0.4 is 5.32 Å². The van der Waals surface area contributed by atoms with Crippen molar-refractivity contribution >= 4 is 5.91 Å². The molecule has 3 rings (SSSR count). The van der Waals surface area contributed by atoms with Crippen molar-refractivity contribution in [3.8, 4) is 5.69 Å². The average molecular weight is 345 g/mol. The van der Waals surface area contributed by atoms with Crippen molar-refractivity contribution in [2.45, 2.75) is 51.2 Å². The Hall–Kier alpha value is -2.21. The summed E-state index contributed by atoms with van der Waals surface area (Å²) in [5.74, 6) is -0.241. The third-order valence-electron chi connectivity index (χ3n) is 4.43. The van der Waals surface area contributed by atoms with Gasteiger partial charge < -0.3 is 10.1 Å². The van der Waals surface area contributed by atoms with Gasteiger partial charge in [-0.2, -0.15) is 5.10 Å². The smallest absolute Gasteiger partial charge is 0.220 e. The molecule has 0 aliphatic carbocycles. The van der Waals surface area contributed by atoms with Crippen LogP contribution in [0.3, 0.4) is 0 Å². The van der Waals surface area contributed by atoms with E-state index in [2.05, 4.69) is 17.3 Å². The molecule has 0 bridgehead atoms. The van der Waals surface area contributed by atoms with E-state index in [0.717, 1.165) is 25.0 Å². The monoisotopic (exact) mass is 345 g/mol. The van der Waals surface area contributed by atoms with Crippen molar-refractivity contribution < 1.29 is 13.9 Å². The minimum atomic E-state index is -0.289. The van der Waals surface area contributed by atoms with Crippen LogP contribution >= 0.6 is 0 Å². The zero-order chi connectivity index (χ0) is 17.6. The van der Waals surface area contributed by atoms with Crippen molar-refractivity contribution in [2.75, 3.05) is 6.54 Å². The number of rotatable bonds is 7. The second kappa shape index (κ2) is 8.25. The Balaban J connectivity index is 1.39. The van der Waals surface area contributed by atoms with Crippen LogP contribution in [0.1, 0.15) is 38.3 Å². The molecule has 1 aromatic carbocycles. The van der Waals surface area contributed by atoms with E-state index in [1.54, 1.807) is 23.0 Å². The topological polar surface area (TPSA) is 56.2 Å². The predicted octanol–water partition coefficient (Wildman–Crippen LogP) is 3.02. The average Bonchev–Trinajstić information content (AvgIpc) is 3.22. The predicted molar refractivity (Wildman–Crippen MR) is 93.0 cm³/mol. The molecule has 0 spiro atoms. The van der Waals surface area contributed by atoms with E-state index in [1.165, 1.54) is 12.1 Å². The van der Waals surface area contributed by atoms with E-state index in [-0.39, 0.29) is 17.8 Å². The molecule has 1 aromatic heterocycles. The maximum Gasteiger partial charge on any atom is 0.220 e. The van der Waals surface area contributed by atoms with Crippen LogP contribution in [-0.2, 0) is 16.0 Å². The van der Waals surface area contributed by atoms with Gasteiger partial charge in [-0.15, -0.1) is 0 Å². The van der Waals surface area contributed by atoms with E-state index in [0.29, 0.717) is 31.2 Å². The molecule has 6 heteroatoms. The lowest BCUT2D eigenvalue weighted by Gasteiger charge is -2.10. The van der Waals surface area contributed by atoms with Gasteiger partial charge in [0.2, 0.25) is 5.91 Å². The highest BCUT2D eigenvalue weighted by molar-refractivity contribution is 5.75. The third kappa shape index (κ3) is 5.13. The molecule has 0 radical (unpaired) electrons. The highest BCUT2D eigenvalue weighted by Gasteiger charge is 2.22. The van der Waals surface area contributed by atoms with Gasteiger partial charge in [-0.1, -0.05) is 6.07 Å². The second-order valence-electron chi connectivity index (χ2n) is 6.52. The number of hydrogen-bond donors (Lipinski definition) is 1. The Morgan fingerprint density at radius 2 is 2.28 bits per heavy atom. The first kappa shape index (κ1) is 17.6. The van der Waals surface area contributed by atoms with Gasteiger partial charge in [0, 0.05) is 25.6 Å².